The summed E-state index contributed by atoms with van der Waals surface area (Å²) in [4.78, 5) is 42.6. The van der Waals surface area contributed by atoms with Crippen molar-refractivity contribution in [1.29, 1.82) is 0 Å². The second-order valence-corrected chi connectivity index (χ2v) is 5.70. The molecule has 0 aliphatic rings. The molecule has 9 heteroatoms. The molecule has 9 nitrogen and oxygen atoms in total. The van der Waals surface area contributed by atoms with Gasteiger partial charge < -0.3 is 10.6 Å². The van der Waals surface area contributed by atoms with Crippen LogP contribution in [-0.2, 0) is 4.79 Å². The zero-order chi connectivity index (χ0) is 19.9. The molecule has 0 aliphatic carbocycles. The highest BCUT2D eigenvalue weighted by Crippen LogP contribution is 2.15. The van der Waals surface area contributed by atoms with Gasteiger partial charge in [-0.25, -0.2) is 9.97 Å². The fourth-order valence-electron chi connectivity index (χ4n) is 2.36. The fourth-order valence-corrected chi connectivity index (χ4v) is 2.36. The number of anilines is 1. The van der Waals surface area contributed by atoms with Gasteiger partial charge >= 0.3 is 0 Å². The number of nitro benzene ring substituents is 1. The van der Waals surface area contributed by atoms with E-state index in [9.17, 15) is 19.7 Å². The first kappa shape index (κ1) is 18.6. The normalized spacial score (nSPS) is 10.1. The third kappa shape index (κ3) is 4.73. The lowest BCUT2D eigenvalue weighted by atomic mass is 10.2. The van der Waals surface area contributed by atoms with Gasteiger partial charge in [0, 0.05) is 23.3 Å². The van der Waals surface area contributed by atoms with Gasteiger partial charge in [-0.3, -0.25) is 19.7 Å². The van der Waals surface area contributed by atoms with E-state index in [2.05, 4.69) is 20.6 Å². The molecule has 0 saturated carbocycles. The van der Waals surface area contributed by atoms with Gasteiger partial charge in [0.25, 0.3) is 11.6 Å². The molecule has 0 fully saturated rings. The van der Waals surface area contributed by atoms with Crippen LogP contribution in [0.1, 0.15) is 10.4 Å². The minimum atomic E-state index is -0.595. The van der Waals surface area contributed by atoms with Crippen molar-refractivity contribution in [1.82, 2.24) is 15.3 Å². The molecule has 0 bridgehead atoms. The lowest BCUT2D eigenvalue weighted by Crippen LogP contribution is -2.32. The molecule has 28 heavy (non-hydrogen) atoms. The first-order chi connectivity index (χ1) is 13.5. The van der Waals surface area contributed by atoms with Gasteiger partial charge in [0.15, 0.2) is 5.82 Å². The summed E-state index contributed by atoms with van der Waals surface area (Å²) in [5.74, 6) is -0.540. The number of nitrogens with zero attached hydrogens (tertiary/aromatic N) is 3. The Bertz CT molecular complexity index is 1010. The van der Waals surface area contributed by atoms with Crippen molar-refractivity contribution in [2.75, 3.05) is 11.9 Å². The molecule has 3 rings (SSSR count). The topological polar surface area (TPSA) is 127 Å². The van der Waals surface area contributed by atoms with Crippen LogP contribution in [0.2, 0.25) is 0 Å². The lowest BCUT2D eigenvalue weighted by Gasteiger charge is -2.07. The largest absolute Gasteiger partial charge is 0.343 e. The summed E-state index contributed by atoms with van der Waals surface area (Å²) in [5.41, 5.74) is 1.13. The third-order valence-corrected chi connectivity index (χ3v) is 3.70. The van der Waals surface area contributed by atoms with Crippen LogP contribution in [0.25, 0.3) is 11.4 Å². The second-order valence-electron chi connectivity index (χ2n) is 5.70. The van der Waals surface area contributed by atoms with Crippen LogP contribution < -0.4 is 10.6 Å². The van der Waals surface area contributed by atoms with E-state index >= 15 is 0 Å². The van der Waals surface area contributed by atoms with Gasteiger partial charge in [-0.15, -0.1) is 0 Å². The summed E-state index contributed by atoms with van der Waals surface area (Å²) >= 11 is 0. The number of amides is 2. The maximum absolute atomic E-state index is 12.0. The second kappa shape index (κ2) is 8.49. The van der Waals surface area contributed by atoms with Crippen molar-refractivity contribution in [2.24, 2.45) is 0 Å². The number of nitrogens with one attached hydrogen (secondary N) is 2. The molecule has 0 radical (unpaired) electrons. The number of aromatic nitrogens is 2. The third-order valence-electron chi connectivity index (χ3n) is 3.70. The predicted octanol–water partition coefficient (Wildman–Crippen LogP) is 2.42. The van der Waals surface area contributed by atoms with Crippen LogP contribution >= 0.6 is 0 Å². The quantitative estimate of drug-likeness (QED) is 0.502. The number of carbonyl (C=O) groups is 2. The fraction of sp³-hybridized carbons (Fsp3) is 0.0526. The van der Waals surface area contributed by atoms with Gasteiger partial charge in [0.2, 0.25) is 5.91 Å². The van der Waals surface area contributed by atoms with Crippen LogP contribution in [0.5, 0.6) is 0 Å². The van der Waals surface area contributed by atoms with E-state index in [1.54, 1.807) is 0 Å². The standard InChI is InChI=1S/C19H15N5O4/c25-17(12-22-19(26)14-7-4-8-16(9-14)24(27)28)23-15-10-20-18(21-11-15)13-5-2-1-3-6-13/h1-11H,12H2,(H,22,26)(H,23,25). The lowest BCUT2D eigenvalue weighted by molar-refractivity contribution is -0.384. The molecule has 2 aromatic carbocycles. The molecule has 140 valence electrons. The molecule has 0 saturated heterocycles. The number of carbonyl (C=O) groups excluding carboxylic acids is 2. The Morgan fingerprint density at radius 3 is 2.39 bits per heavy atom. The summed E-state index contributed by atoms with van der Waals surface area (Å²) in [6.45, 7) is -0.304. The van der Waals surface area contributed by atoms with Gasteiger partial charge in [0.1, 0.15) is 0 Å². The van der Waals surface area contributed by atoms with Gasteiger partial charge in [-0.2, -0.15) is 0 Å². The van der Waals surface area contributed by atoms with E-state index in [0.717, 1.165) is 11.6 Å². The molecule has 0 unspecified atom stereocenters. The highest BCUT2D eigenvalue weighted by molar-refractivity contribution is 5.99. The number of hydrogen-bond acceptors (Lipinski definition) is 6. The van der Waals surface area contributed by atoms with E-state index in [4.69, 9.17) is 0 Å². The zero-order valence-electron chi connectivity index (χ0n) is 14.5. The van der Waals surface area contributed by atoms with Gasteiger partial charge in [0.05, 0.1) is 29.5 Å². The maximum Gasteiger partial charge on any atom is 0.270 e. The minimum absolute atomic E-state index is 0.0950. The Kier molecular flexibility index (Phi) is 5.66. The van der Waals surface area contributed by atoms with Crippen molar-refractivity contribution >= 4 is 23.2 Å². The molecular weight excluding hydrogens is 362 g/mol. The van der Waals surface area contributed by atoms with E-state index in [1.807, 2.05) is 30.3 Å². The molecule has 2 N–H and O–H groups in total. The molecule has 1 heterocycles. The number of rotatable bonds is 6. The molecule has 1 aromatic heterocycles. The number of nitro groups is 1. The van der Waals surface area contributed by atoms with Crippen LogP contribution in [0.3, 0.4) is 0 Å². The zero-order valence-corrected chi connectivity index (χ0v) is 14.5. The van der Waals surface area contributed by atoms with Gasteiger partial charge in [-0.1, -0.05) is 36.4 Å². The Morgan fingerprint density at radius 2 is 1.71 bits per heavy atom. The van der Waals surface area contributed by atoms with Crippen molar-refractivity contribution < 1.29 is 14.5 Å². The van der Waals surface area contributed by atoms with E-state index in [1.165, 1.54) is 30.6 Å². The smallest absolute Gasteiger partial charge is 0.270 e. The molecule has 3 aromatic rings. The van der Waals surface area contributed by atoms with Crippen LogP contribution in [-0.4, -0.2) is 33.3 Å². The van der Waals surface area contributed by atoms with E-state index < -0.39 is 16.7 Å². The van der Waals surface area contributed by atoms with Crippen molar-refractivity contribution in [3.8, 4) is 11.4 Å². The van der Waals surface area contributed by atoms with Crippen molar-refractivity contribution in [3.05, 3.63) is 82.7 Å². The van der Waals surface area contributed by atoms with Crippen LogP contribution in [0.15, 0.2) is 67.0 Å². The van der Waals surface area contributed by atoms with Crippen LogP contribution in [0.4, 0.5) is 11.4 Å². The first-order valence-electron chi connectivity index (χ1n) is 8.23. The highest BCUT2D eigenvalue weighted by atomic mass is 16.6. The van der Waals surface area contributed by atoms with E-state index in [0.29, 0.717) is 11.5 Å². The Labute approximate surface area is 159 Å². The monoisotopic (exact) mass is 377 g/mol. The summed E-state index contributed by atoms with van der Waals surface area (Å²) in [5, 5.41) is 15.7. The molecule has 0 aliphatic heterocycles. The SMILES string of the molecule is O=C(CNC(=O)c1cccc([N+](=O)[O-])c1)Nc1cnc(-c2ccccc2)nc1. The Morgan fingerprint density at radius 1 is 1.00 bits per heavy atom. The molecule has 2 amide bonds. The summed E-state index contributed by atoms with van der Waals surface area (Å²) in [6.07, 6.45) is 2.94. The maximum atomic E-state index is 12.0. The average molecular weight is 377 g/mol. The van der Waals surface area contributed by atoms with Crippen molar-refractivity contribution in [2.45, 2.75) is 0 Å². The summed E-state index contributed by atoms with van der Waals surface area (Å²) in [7, 11) is 0. The molecular formula is C19H15N5O4. The van der Waals surface area contributed by atoms with Gasteiger partial charge in [-0.05, 0) is 6.07 Å². The average Bonchev–Trinajstić information content (AvgIpc) is 2.73. The Balaban J connectivity index is 1.55. The van der Waals surface area contributed by atoms with Crippen LogP contribution in [0, 0.1) is 10.1 Å². The number of hydrogen-bond donors (Lipinski definition) is 2. The molecule has 0 atom stereocenters. The van der Waals surface area contributed by atoms with Crippen molar-refractivity contribution in [3.63, 3.8) is 0 Å². The number of benzene rings is 2. The summed E-state index contributed by atoms with van der Waals surface area (Å²) < 4.78 is 0. The summed E-state index contributed by atoms with van der Waals surface area (Å²) in [6, 6.07) is 14.6. The van der Waals surface area contributed by atoms with E-state index in [-0.39, 0.29) is 17.8 Å². The first-order valence-corrected chi connectivity index (χ1v) is 8.23. The number of non-ortho nitro benzene ring substituents is 1. The minimum Gasteiger partial charge on any atom is -0.343 e. The Hall–Kier alpha value is -4.14. The highest BCUT2D eigenvalue weighted by Gasteiger charge is 2.12. The predicted molar refractivity (Wildman–Crippen MR) is 102 cm³/mol. The molecule has 0 spiro atoms.